The van der Waals surface area contributed by atoms with Crippen molar-refractivity contribution in [2.45, 2.75) is 19.4 Å². The Labute approximate surface area is 126 Å². The van der Waals surface area contributed by atoms with E-state index in [2.05, 4.69) is 22.5 Å². The van der Waals surface area contributed by atoms with Gasteiger partial charge in [0.1, 0.15) is 9.84 Å². The van der Waals surface area contributed by atoms with Crippen molar-refractivity contribution in [3.63, 3.8) is 0 Å². The summed E-state index contributed by atoms with van der Waals surface area (Å²) < 4.78 is 22.0. The van der Waals surface area contributed by atoms with Crippen LogP contribution < -0.4 is 10.6 Å². The number of carbonyl (C=O) groups excluding carboxylic acids is 1. The van der Waals surface area contributed by atoms with Gasteiger partial charge in [0.2, 0.25) is 0 Å². The van der Waals surface area contributed by atoms with E-state index in [1.165, 1.54) is 6.26 Å². The lowest BCUT2D eigenvalue weighted by Gasteiger charge is -2.13. The van der Waals surface area contributed by atoms with Gasteiger partial charge >= 0.3 is 6.03 Å². The molecule has 0 unspecified atom stereocenters. The Morgan fingerprint density at radius 2 is 1.95 bits per heavy atom. The number of rotatable bonds is 5. The minimum atomic E-state index is -3.00. The van der Waals surface area contributed by atoms with Gasteiger partial charge in [-0.2, -0.15) is 0 Å². The van der Waals surface area contributed by atoms with Gasteiger partial charge in [0.15, 0.2) is 0 Å². The molecule has 0 aliphatic carbocycles. The van der Waals surface area contributed by atoms with E-state index in [9.17, 15) is 13.2 Å². The summed E-state index contributed by atoms with van der Waals surface area (Å²) in [6, 6.07) is 8.93. The van der Waals surface area contributed by atoms with Crippen molar-refractivity contribution in [1.29, 1.82) is 0 Å². The van der Waals surface area contributed by atoms with Crippen LogP contribution in [0.15, 0.2) is 30.3 Å². The molecular weight excluding hydrogens is 288 g/mol. The number of urea groups is 1. The Kier molecular flexibility index (Phi) is 6.76. The first-order valence-electron chi connectivity index (χ1n) is 6.63. The molecule has 1 aromatic carbocycles. The number of benzene rings is 1. The van der Waals surface area contributed by atoms with Gasteiger partial charge in [-0.15, -0.1) is 0 Å². The molecule has 0 aliphatic heterocycles. The topological polar surface area (TPSA) is 75.3 Å². The average molecular weight is 308 g/mol. The van der Waals surface area contributed by atoms with Crippen molar-refractivity contribution in [3.8, 4) is 11.8 Å². The van der Waals surface area contributed by atoms with Gasteiger partial charge < -0.3 is 10.6 Å². The van der Waals surface area contributed by atoms with Gasteiger partial charge in [0, 0.05) is 17.9 Å². The molecule has 0 spiro atoms. The van der Waals surface area contributed by atoms with Gasteiger partial charge in [-0.05, 0) is 25.5 Å². The SMILES string of the molecule is C[C@@H](CCS(C)(=O)=O)NC(=O)NCC#Cc1ccccc1. The van der Waals surface area contributed by atoms with Crippen molar-refractivity contribution in [2.75, 3.05) is 18.6 Å². The Hall–Kier alpha value is -2.00. The zero-order valence-electron chi connectivity index (χ0n) is 12.2. The minimum absolute atomic E-state index is 0.0578. The summed E-state index contributed by atoms with van der Waals surface area (Å²) in [6.07, 6.45) is 1.57. The second-order valence-electron chi connectivity index (χ2n) is 4.81. The van der Waals surface area contributed by atoms with Crippen LogP contribution in [-0.4, -0.2) is 39.0 Å². The molecule has 21 heavy (non-hydrogen) atoms. The summed E-state index contributed by atoms with van der Waals surface area (Å²) in [5.41, 5.74) is 0.890. The van der Waals surface area contributed by atoms with E-state index in [0.29, 0.717) is 6.42 Å². The zero-order chi connectivity index (χ0) is 15.7. The van der Waals surface area contributed by atoms with E-state index >= 15 is 0 Å². The van der Waals surface area contributed by atoms with Gasteiger partial charge in [0.25, 0.3) is 0 Å². The molecule has 1 aromatic rings. The van der Waals surface area contributed by atoms with E-state index in [1.54, 1.807) is 6.92 Å². The highest BCUT2D eigenvalue weighted by Crippen LogP contribution is 1.95. The van der Waals surface area contributed by atoms with E-state index in [0.717, 1.165) is 5.56 Å². The molecule has 5 nitrogen and oxygen atoms in total. The number of nitrogens with one attached hydrogen (secondary N) is 2. The molecule has 0 saturated carbocycles. The maximum atomic E-state index is 11.5. The normalized spacial score (nSPS) is 11.9. The highest BCUT2D eigenvalue weighted by atomic mass is 32.2. The number of carbonyl (C=O) groups is 1. The first kappa shape index (κ1) is 17.1. The monoisotopic (exact) mass is 308 g/mol. The third-order valence-corrected chi connectivity index (χ3v) is 3.62. The average Bonchev–Trinajstić information content (AvgIpc) is 2.42. The summed E-state index contributed by atoms with van der Waals surface area (Å²) in [7, 11) is -3.00. The molecule has 1 rings (SSSR count). The molecule has 0 heterocycles. The van der Waals surface area contributed by atoms with Crippen molar-refractivity contribution in [3.05, 3.63) is 35.9 Å². The molecule has 2 N–H and O–H groups in total. The first-order valence-corrected chi connectivity index (χ1v) is 8.69. The Bertz CT molecular complexity index is 615. The minimum Gasteiger partial charge on any atom is -0.336 e. The number of sulfone groups is 1. The van der Waals surface area contributed by atoms with Crippen LogP contribution in [0.25, 0.3) is 0 Å². The zero-order valence-corrected chi connectivity index (χ0v) is 13.0. The maximum absolute atomic E-state index is 11.5. The standard InChI is InChI=1S/C15H20N2O3S/c1-13(10-12-21(2,19)20)17-15(18)16-11-6-9-14-7-4-3-5-8-14/h3-5,7-8,13H,10-12H2,1-2H3,(H2,16,17,18)/t13-/m0/s1. The highest BCUT2D eigenvalue weighted by Gasteiger charge is 2.09. The quantitative estimate of drug-likeness (QED) is 0.802. The fourth-order valence-corrected chi connectivity index (χ4v) is 2.31. The second kappa shape index (κ2) is 8.32. The highest BCUT2D eigenvalue weighted by molar-refractivity contribution is 7.90. The van der Waals surface area contributed by atoms with Crippen LogP contribution in [0.1, 0.15) is 18.9 Å². The molecule has 0 aliphatic rings. The van der Waals surface area contributed by atoms with Crippen LogP contribution >= 0.6 is 0 Å². The molecule has 2 amide bonds. The van der Waals surface area contributed by atoms with Gasteiger partial charge in [0.05, 0.1) is 12.3 Å². The Morgan fingerprint density at radius 3 is 2.57 bits per heavy atom. The van der Waals surface area contributed by atoms with Crippen LogP contribution in [0.5, 0.6) is 0 Å². The van der Waals surface area contributed by atoms with Crippen molar-refractivity contribution in [2.24, 2.45) is 0 Å². The largest absolute Gasteiger partial charge is 0.336 e. The lowest BCUT2D eigenvalue weighted by Crippen LogP contribution is -2.41. The number of amides is 2. The summed E-state index contributed by atoms with van der Waals surface area (Å²) in [6.45, 7) is 2.00. The maximum Gasteiger partial charge on any atom is 0.315 e. The molecule has 0 fully saturated rings. The van der Waals surface area contributed by atoms with Crippen molar-refractivity contribution >= 4 is 15.9 Å². The number of hydrogen-bond acceptors (Lipinski definition) is 3. The first-order chi connectivity index (χ1) is 9.87. The molecular formula is C15H20N2O3S. The number of hydrogen-bond donors (Lipinski definition) is 2. The molecule has 0 radical (unpaired) electrons. The molecule has 114 valence electrons. The Morgan fingerprint density at radius 1 is 1.29 bits per heavy atom. The molecule has 0 bridgehead atoms. The third-order valence-electron chi connectivity index (χ3n) is 2.64. The Balaban J connectivity index is 2.27. The van der Waals surface area contributed by atoms with E-state index < -0.39 is 9.84 Å². The summed E-state index contributed by atoms with van der Waals surface area (Å²) in [5, 5.41) is 5.28. The fraction of sp³-hybridized carbons (Fsp3) is 0.400. The van der Waals surface area contributed by atoms with Crippen LogP contribution in [-0.2, 0) is 9.84 Å². The lowest BCUT2D eigenvalue weighted by molar-refractivity contribution is 0.238. The van der Waals surface area contributed by atoms with E-state index in [4.69, 9.17) is 0 Å². The smallest absolute Gasteiger partial charge is 0.315 e. The van der Waals surface area contributed by atoms with E-state index in [-0.39, 0.29) is 24.4 Å². The van der Waals surface area contributed by atoms with Crippen molar-refractivity contribution in [1.82, 2.24) is 10.6 Å². The fourth-order valence-electron chi connectivity index (χ4n) is 1.53. The summed E-state index contributed by atoms with van der Waals surface area (Å²) in [5.74, 6) is 5.83. The molecule has 0 saturated heterocycles. The molecule has 1 atom stereocenters. The summed E-state index contributed by atoms with van der Waals surface area (Å²) in [4.78, 5) is 11.5. The third kappa shape index (κ3) is 8.71. The van der Waals surface area contributed by atoms with Crippen LogP contribution in [0.2, 0.25) is 0 Å². The van der Waals surface area contributed by atoms with Gasteiger partial charge in [-0.1, -0.05) is 30.0 Å². The van der Waals surface area contributed by atoms with Crippen LogP contribution in [0.3, 0.4) is 0 Å². The van der Waals surface area contributed by atoms with E-state index in [1.807, 2.05) is 30.3 Å². The molecule has 6 heteroatoms. The van der Waals surface area contributed by atoms with Crippen LogP contribution in [0.4, 0.5) is 4.79 Å². The molecule has 0 aromatic heterocycles. The summed E-state index contributed by atoms with van der Waals surface area (Å²) >= 11 is 0. The predicted octanol–water partition coefficient (Wildman–Crippen LogP) is 1.16. The van der Waals surface area contributed by atoms with Crippen molar-refractivity contribution < 1.29 is 13.2 Å². The van der Waals surface area contributed by atoms with Gasteiger partial charge in [-0.25, -0.2) is 13.2 Å². The van der Waals surface area contributed by atoms with Crippen LogP contribution in [0, 0.1) is 11.8 Å². The van der Waals surface area contributed by atoms with Gasteiger partial charge in [-0.3, -0.25) is 0 Å². The second-order valence-corrected chi connectivity index (χ2v) is 7.07. The lowest BCUT2D eigenvalue weighted by atomic mass is 10.2. The predicted molar refractivity (Wildman–Crippen MR) is 83.6 cm³/mol.